The maximum absolute atomic E-state index is 5.15. The fraction of sp³-hybridized carbons (Fsp3) is 0. The van der Waals surface area contributed by atoms with Crippen LogP contribution in [0.25, 0.3) is 28.3 Å². The summed E-state index contributed by atoms with van der Waals surface area (Å²) in [6.45, 7) is 0. The molecule has 0 atom stereocenters. The Labute approximate surface area is 125 Å². The number of hydrogen-bond donors (Lipinski definition) is 0. The molecule has 5 heteroatoms. The molecule has 0 radical (unpaired) electrons. The Morgan fingerprint density at radius 1 is 1.10 bits per heavy atom. The number of nitrogens with zero attached hydrogens (tertiary/aromatic N) is 3. The van der Waals surface area contributed by atoms with Gasteiger partial charge in [-0.05, 0) is 18.2 Å². The van der Waals surface area contributed by atoms with Crippen molar-refractivity contribution in [3.8, 4) is 28.3 Å². The minimum Gasteiger partial charge on any atom is -0.472 e. The molecule has 21 heavy (non-hydrogen) atoms. The lowest BCUT2D eigenvalue weighted by Crippen LogP contribution is -1.95. The van der Waals surface area contributed by atoms with Crippen LogP contribution in [-0.4, -0.2) is 14.5 Å². The van der Waals surface area contributed by atoms with Gasteiger partial charge in [0.15, 0.2) is 0 Å². The molecule has 0 saturated heterocycles. The second-order valence-corrected chi connectivity index (χ2v) is 5.28. The number of hydrogen-bond acceptors (Lipinski definition) is 4. The summed E-state index contributed by atoms with van der Waals surface area (Å²) in [5.41, 5.74) is 5.94. The predicted octanol–water partition coefficient (Wildman–Crippen LogP) is 4.26. The third kappa shape index (κ3) is 2.17. The largest absolute Gasteiger partial charge is 0.472 e. The fourth-order valence-corrected chi connectivity index (χ4v) is 2.85. The zero-order valence-corrected chi connectivity index (χ0v) is 11.8. The SMILES string of the molecule is c1cc(-c2cscn2)cc(-n2ccnc2-c2ccoc2)c1. The number of aromatic nitrogens is 3. The van der Waals surface area contributed by atoms with E-state index in [1.165, 1.54) is 0 Å². The number of imidazole rings is 1. The standard InChI is InChI=1S/C16H11N3OS/c1-2-12(15-10-21-11-18-15)8-14(3-1)19-6-5-17-16(19)13-4-7-20-9-13/h1-11H. The van der Waals surface area contributed by atoms with E-state index in [0.717, 1.165) is 28.3 Å². The summed E-state index contributed by atoms with van der Waals surface area (Å²) >= 11 is 1.60. The van der Waals surface area contributed by atoms with Gasteiger partial charge in [0.2, 0.25) is 0 Å². The fourth-order valence-electron chi connectivity index (χ4n) is 2.29. The van der Waals surface area contributed by atoms with Crippen molar-refractivity contribution in [2.45, 2.75) is 0 Å². The zero-order chi connectivity index (χ0) is 14.1. The molecule has 4 aromatic rings. The van der Waals surface area contributed by atoms with E-state index in [0.29, 0.717) is 0 Å². The van der Waals surface area contributed by atoms with Crippen LogP contribution in [0, 0.1) is 0 Å². The molecule has 3 heterocycles. The summed E-state index contributed by atoms with van der Waals surface area (Å²) in [5, 5.41) is 2.05. The van der Waals surface area contributed by atoms with Crippen LogP contribution < -0.4 is 0 Å². The number of furan rings is 1. The minimum absolute atomic E-state index is 0.860. The molecule has 0 amide bonds. The summed E-state index contributed by atoms with van der Waals surface area (Å²) in [4.78, 5) is 8.78. The predicted molar refractivity (Wildman–Crippen MR) is 82.4 cm³/mol. The van der Waals surface area contributed by atoms with E-state index in [9.17, 15) is 0 Å². The molecular formula is C16H11N3OS. The highest BCUT2D eigenvalue weighted by molar-refractivity contribution is 7.07. The highest BCUT2D eigenvalue weighted by Gasteiger charge is 2.09. The molecule has 102 valence electrons. The maximum Gasteiger partial charge on any atom is 0.147 e. The summed E-state index contributed by atoms with van der Waals surface area (Å²) < 4.78 is 7.19. The van der Waals surface area contributed by atoms with Crippen LogP contribution in [0.4, 0.5) is 0 Å². The first-order valence-corrected chi connectivity index (χ1v) is 7.41. The molecule has 3 aromatic heterocycles. The molecule has 0 spiro atoms. The Balaban J connectivity index is 1.82. The van der Waals surface area contributed by atoms with E-state index in [1.807, 2.05) is 33.8 Å². The Hall–Kier alpha value is -2.66. The van der Waals surface area contributed by atoms with Gasteiger partial charge in [0.05, 0.1) is 23.0 Å². The second kappa shape index (κ2) is 5.03. The van der Waals surface area contributed by atoms with Crippen molar-refractivity contribution >= 4 is 11.3 Å². The Bertz CT molecular complexity index is 847. The van der Waals surface area contributed by atoms with Gasteiger partial charge in [-0.2, -0.15) is 0 Å². The molecule has 4 rings (SSSR count). The van der Waals surface area contributed by atoms with Crippen LogP contribution in [0.15, 0.2) is 70.6 Å². The van der Waals surface area contributed by atoms with Gasteiger partial charge in [-0.25, -0.2) is 9.97 Å². The quantitative estimate of drug-likeness (QED) is 0.567. The molecular weight excluding hydrogens is 282 g/mol. The summed E-state index contributed by atoms with van der Waals surface area (Å²) in [7, 11) is 0. The zero-order valence-electron chi connectivity index (χ0n) is 11.0. The number of thiazole rings is 1. The first-order chi connectivity index (χ1) is 10.4. The minimum atomic E-state index is 0.860. The Kier molecular flexibility index (Phi) is 2.90. The van der Waals surface area contributed by atoms with Crippen LogP contribution in [0.1, 0.15) is 0 Å². The lowest BCUT2D eigenvalue weighted by molar-refractivity contribution is 0.568. The molecule has 0 aliphatic carbocycles. The van der Waals surface area contributed by atoms with Crippen molar-refractivity contribution in [3.05, 3.63) is 66.1 Å². The topological polar surface area (TPSA) is 43.9 Å². The van der Waals surface area contributed by atoms with E-state index >= 15 is 0 Å². The van der Waals surface area contributed by atoms with Crippen LogP contribution in [-0.2, 0) is 0 Å². The third-order valence-electron chi connectivity index (χ3n) is 3.27. The van der Waals surface area contributed by atoms with Crippen molar-refractivity contribution < 1.29 is 4.42 Å². The van der Waals surface area contributed by atoms with Gasteiger partial charge in [-0.1, -0.05) is 12.1 Å². The molecule has 0 fully saturated rings. The second-order valence-electron chi connectivity index (χ2n) is 4.56. The van der Waals surface area contributed by atoms with E-state index in [1.54, 1.807) is 30.1 Å². The van der Waals surface area contributed by atoms with Crippen molar-refractivity contribution in [2.24, 2.45) is 0 Å². The molecule has 0 bridgehead atoms. The summed E-state index contributed by atoms with van der Waals surface area (Å²) in [5.74, 6) is 0.860. The van der Waals surface area contributed by atoms with Crippen LogP contribution >= 0.6 is 11.3 Å². The smallest absolute Gasteiger partial charge is 0.147 e. The molecule has 0 saturated carbocycles. The average molecular weight is 293 g/mol. The van der Waals surface area contributed by atoms with E-state index in [-0.39, 0.29) is 0 Å². The normalized spacial score (nSPS) is 10.9. The molecule has 1 aromatic carbocycles. The van der Waals surface area contributed by atoms with Gasteiger partial charge in [-0.15, -0.1) is 11.3 Å². The first kappa shape index (κ1) is 12.1. The lowest BCUT2D eigenvalue weighted by Gasteiger charge is -2.08. The summed E-state index contributed by atoms with van der Waals surface area (Å²) in [6.07, 6.45) is 7.09. The highest BCUT2D eigenvalue weighted by atomic mass is 32.1. The van der Waals surface area contributed by atoms with Crippen molar-refractivity contribution in [1.82, 2.24) is 14.5 Å². The van der Waals surface area contributed by atoms with Crippen molar-refractivity contribution in [1.29, 1.82) is 0 Å². The van der Waals surface area contributed by atoms with Gasteiger partial charge in [0, 0.05) is 29.0 Å². The van der Waals surface area contributed by atoms with Crippen LogP contribution in [0.5, 0.6) is 0 Å². The first-order valence-electron chi connectivity index (χ1n) is 6.47. The Morgan fingerprint density at radius 2 is 2.10 bits per heavy atom. The summed E-state index contributed by atoms with van der Waals surface area (Å²) in [6, 6.07) is 10.2. The average Bonchev–Trinajstić information content (AvgIpc) is 3.26. The van der Waals surface area contributed by atoms with E-state index < -0.39 is 0 Å². The van der Waals surface area contributed by atoms with E-state index in [4.69, 9.17) is 4.42 Å². The molecule has 0 aliphatic heterocycles. The van der Waals surface area contributed by atoms with Crippen molar-refractivity contribution in [3.63, 3.8) is 0 Å². The monoisotopic (exact) mass is 293 g/mol. The highest BCUT2D eigenvalue weighted by Crippen LogP contribution is 2.25. The van der Waals surface area contributed by atoms with Gasteiger partial charge in [0.25, 0.3) is 0 Å². The molecule has 0 unspecified atom stereocenters. The third-order valence-corrected chi connectivity index (χ3v) is 3.86. The van der Waals surface area contributed by atoms with Gasteiger partial charge < -0.3 is 4.42 Å². The van der Waals surface area contributed by atoms with Crippen LogP contribution in [0.3, 0.4) is 0 Å². The van der Waals surface area contributed by atoms with Gasteiger partial charge in [0.1, 0.15) is 12.1 Å². The van der Waals surface area contributed by atoms with Gasteiger partial charge in [-0.3, -0.25) is 4.57 Å². The molecule has 4 nitrogen and oxygen atoms in total. The lowest BCUT2D eigenvalue weighted by atomic mass is 10.1. The number of benzene rings is 1. The molecule has 0 aliphatic rings. The van der Waals surface area contributed by atoms with E-state index in [2.05, 4.69) is 28.2 Å². The van der Waals surface area contributed by atoms with Crippen molar-refractivity contribution in [2.75, 3.05) is 0 Å². The Morgan fingerprint density at radius 3 is 2.90 bits per heavy atom. The maximum atomic E-state index is 5.15. The molecule has 0 N–H and O–H groups in total. The van der Waals surface area contributed by atoms with Gasteiger partial charge >= 0.3 is 0 Å². The van der Waals surface area contributed by atoms with Crippen LogP contribution in [0.2, 0.25) is 0 Å². The number of rotatable bonds is 3.